The summed E-state index contributed by atoms with van der Waals surface area (Å²) >= 11 is 1.47. The Morgan fingerprint density at radius 3 is 2.81 bits per heavy atom. The molecular formula is C14H19N3O3S. The molecule has 0 saturated heterocycles. The molecule has 0 aliphatic carbocycles. The molecule has 2 aromatic heterocycles. The number of amides is 1. The van der Waals surface area contributed by atoms with Gasteiger partial charge in [-0.15, -0.1) is 11.3 Å². The fourth-order valence-corrected chi connectivity index (χ4v) is 3.09. The van der Waals surface area contributed by atoms with Crippen molar-refractivity contribution in [3.8, 4) is 0 Å². The molecule has 2 heterocycles. The third-order valence-corrected chi connectivity index (χ3v) is 3.97. The van der Waals surface area contributed by atoms with Gasteiger partial charge in [0.1, 0.15) is 6.04 Å². The Balaban J connectivity index is 2.05. The van der Waals surface area contributed by atoms with Crippen molar-refractivity contribution in [2.45, 2.75) is 39.7 Å². The molecule has 114 valence electrons. The lowest BCUT2D eigenvalue weighted by molar-refractivity contribution is -0.142. The van der Waals surface area contributed by atoms with Gasteiger partial charge in [-0.3, -0.25) is 9.20 Å². The number of imidazole rings is 1. The fraction of sp³-hybridized carbons (Fsp3) is 0.500. The number of aromatic nitrogens is 2. The molecule has 0 aliphatic rings. The number of rotatable bonds is 6. The first kappa shape index (κ1) is 15.5. The Morgan fingerprint density at radius 2 is 2.19 bits per heavy atom. The summed E-state index contributed by atoms with van der Waals surface area (Å²) < 4.78 is 1.87. The number of nitrogens with one attached hydrogen (secondary N) is 1. The Kier molecular flexibility index (Phi) is 4.62. The van der Waals surface area contributed by atoms with Crippen LogP contribution in [0, 0.1) is 12.8 Å². The summed E-state index contributed by atoms with van der Waals surface area (Å²) in [7, 11) is 0. The zero-order chi connectivity index (χ0) is 15.6. The highest BCUT2D eigenvalue weighted by atomic mass is 32.1. The minimum atomic E-state index is -0.994. The van der Waals surface area contributed by atoms with E-state index in [2.05, 4.69) is 10.3 Å². The summed E-state index contributed by atoms with van der Waals surface area (Å²) in [5.74, 6) is -1.07. The van der Waals surface area contributed by atoms with Crippen molar-refractivity contribution in [2.75, 3.05) is 0 Å². The van der Waals surface area contributed by atoms with Gasteiger partial charge in [0.25, 0.3) is 0 Å². The Morgan fingerprint density at radius 1 is 1.48 bits per heavy atom. The van der Waals surface area contributed by atoms with E-state index in [9.17, 15) is 9.59 Å². The fourth-order valence-electron chi connectivity index (χ4n) is 2.17. The van der Waals surface area contributed by atoms with Crippen LogP contribution >= 0.6 is 11.3 Å². The second-order valence-corrected chi connectivity index (χ2v) is 6.36. The molecule has 0 aliphatic heterocycles. The summed E-state index contributed by atoms with van der Waals surface area (Å²) in [5, 5.41) is 13.6. The van der Waals surface area contributed by atoms with Crippen molar-refractivity contribution in [1.82, 2.24) is 14.7 Å². The predicted octanol–water partition coefficient (Wildman–Crippen LogP) is 1.86. The number of carboxylic acids is 1. The SMILES string of the molecule is Cc1cn2c(CC(=O)N[C@@H](CC(C)C)C(=O)O)csc2n1. The van der Waals surface area contributed by atoms with Gasteiger partial charge in [-0.1, -0.05) is 13.8 Å². The third kappa shape index (κ3) is 3.81. The van der Waals surface area contributed by atoms with Crippen molar-refractivity contribution >= 4 is 28.2 Å². The summed E-state index contributed by atoms with van der Waals surface area (Å²) in [5.41, 5.74) is 1.72. The smallest absolute Gasteiger partial charge is 0.326 e. The van der Waals surface area contributed by atoms with Crippen LogP contribution in [-0.4, -0.2) is 32.4 Å². The molecule has 7 heteroatoms. The summed E-state index contributed by atoms with van der Waals surface area (Å²) in [6.45, 7) is 5.75. The summed E-state index contributed by atoms with van der Waals surface area (Å²) in [6.07, 6.45) is 2.44. The van der Waals surface area contributed by atoms with Crippen LogP contribution in [0.1, 0.15) is 31.7 Å². The molecule has 2 N–H and O–H groups in total. The van der Waals surface area contributed by atoms with Gasteiger partial charge in [-0.05, 0) is 19.3 Å². The average molecular weight is 309 g/mol. The largest absolute Gasteiger partial charge is 0.480 e. The number of carbonyl (C=O) groups is 2. The Hall–Kier alpha value is -1.89. The maximum absolute atomic E-state index is 12.1. The molecular weight excluding hydrogens is 290 g/mol. The number of aliphatic carboxylic acids is 1. The number of hydrogen-bond donors (Lipinski definition) is 2. The Bertz CT molecular complexity index is 660. The topological polar surface area (TPSA) is 83.7 Å². The zero-order valence-electron chi connectivity index (χ0n) is 12.3. The Labute approximate surface area is 126 Å². The average Bonchev–Trinajstić information content (AvgIpc) is 2.88. The molecule has 0 fully saturated rings. The molecule has 2 aromatic rings. The van der Waals surface area contributed by atoms with E-state index in [1.165, 1.54) is 11.3 Å². The standard InChI is InChI=1S/C14H19N3O3S/c1-8(2)4-11(13(19)20)16-12(18)5-10-7-21-14-15-9(3)6-17(10)14/h6-8,11H,4-5H2,1-3H3,(H,16,18)(H,19,20)/t11-/m0/s1. The second-order valence-electron chi connectivity index (χ2n) is 5.53. The van der Waals surface area contributed by atoms with Crippen LogP contribution in [0.2, 0.25) is 0 Å². The van der Waals surface area contributed by atoms with E-state index in [1.54, 1.807) is 0 Å². The maximum Gasteiger partial charge on any atom is 0.326 e. The summed E-state index contributed by atoms with van der Waals surface area (Å²) in [4.78, 5) is 28.4. The highest BCUT2D eigenvalue weighted by Gasteiger charge is 2.21. The maximum atomic E-state index is 12.1. The lowest BCUT2D eigenvalue weighted by atomic mass is 10.0. The van der Waals surface area contributed by atoms with Crippen LogP contribution in [0.25, 0.3) is 4.96 Å². The number of carboxylic acid groups (broad SMARTS) is 1. The van der Waals surface area contributed by atoms with Crippen molar-refractivity contribution in [2.24, 2.45) is 5.92 Å². The summed E-state index contributed by atoms with van der Waals surface area (Å²) in [6, 6.07) is -0.837. The first-order valence-corrected chi connectivity index (χ1v) is 7.69. The van der Waals surface area contributed by atoms with Crippen molar-refractivity contribution in [3.63, 3.8) is 0 Å². The predicted molar refractivity (Wildman–Crippen MR) is 80.5 cm³/mol. The molecule has 6 nitrogen and oxygen atoms in total. The van der Waals surface area contributed by atoms with E-state index in [-0.39, 0.29) is 18.2 Å². The van der Waals surface area contributed by atoms with Gasteiger partial charge in [-0.25, -0.2) is 9.78 Å². The van der Waals surface area contributed by atoms with Crippen LogP contribution in [0.3, 0.4) is 0 Å². The van der Waals surface area contributed by atoms with E-state index >= 15 is 0 Å². The van der Waals surface area contributed by atoms with E-state index in [4.69, 9.17) is 5.11 Å². The number of carbonyl (C=O) groups excluding carboxylic acids is 1. The van der Waals surface area contributed by atoms with Crippen LogP contribution in [0.5, 0.6) is 0 Å². The van der Waals surface area contributed by atoms with Gasteiger partial charge in [0.2, 0.25) is 5.91 Å². The van der Waals surface area contributed by atoms with Gasteiger partial charge < -0.3 is 10.4 Å². The first-order chi connectivity index (χ1) is 9.86. The van der Waals surface area contributed by atoms with Crippen molar-refractivity contribution in [1.29, 1.82) is 0 Å². The van der Waals surface area contributed by atoms with Crippen LogP contribution in [-0.2, 0) is 16.0 Å². The van der Waals surface area contributed by atoms with Gasteiger partial charge >= 0.3 is 5.97 Å². The van der Waals surface area contributed by atoms with Crippen molar-refractivity contribution < 1.29 is 14.7 Å². The van der Waals surface area contributed by atoms with Crippen LogP contribution in [0.4, 0.5) is 0 Å². The normalized spacial score (nSPS) is 12.8. The number of thiazole rings is 1. The molecule has 0 saturated carbocycles. The molecule has 1 amide bonds. The highest BCUT2D eigenvalue weighted by Crippen LogP contribution is 2.17. The lowest BCUT2D eigenvalue weighted by Crippen LogP contribution is -2.42. The number of hydrogen-bond acceptors (Lipinski definition) is 4. The van der Waals surface area contributed by atoms with E-state index in [0.29, 0.717) is 6.42 Å². The third-order valence-electron chi connectivity index (χ3n) is 3.09. The van der Waals surface area contributed by atoms with Crippen molar-refractivity contribution in [3.05, 3.63) is 23.0 Å². The quantitative estimate of drug-likeness (QED) is 0.853. The van der Waals surface area contributed by atoms with Gasteiger partial charge in [0, 0.05) is 17.3 Å². The number of fused-ring (bicyclic) bond motifs is 1. The van der Waals surface area contributed by atoms with Gasteiger partial charge in [-0.2, -0.15) is 0 Å². The first-order valence-electron chi connectivity index (χ1n) is 6.81. The van der Waals surface area contributed by atoms with Gasteiger partial charge in [0.05, 0.1) is 12.1 Å². The number of nitrogens with zero attached hydrogens (tertiary/aromatic N) is 2. The molecule has 0 radical (unpaired) electrons. The van der Waals surface area contributed by atoms with Gasteiger partial charge in [0.15, 0.2) is 4.96 Å². The number of aryl methyl sites for hydroxylation is 1. The lowest BCUT2D eigenvalue weighted by Gasteiger charge is -2.16. The van der Waals surface area contributed by atoms with E-state index in [0.717, 1.165) is 16.3 Å². The molecule has 21 heavy (non-hydrogen) atoms. The molecule has 0 bridgehead atoms. The molecule has 0 aromatic carbocycles. The second kappa shape index (κ2) is 6.26. The van der Waals surface area contributed by atoms with E-state index < -0.39 is 12.0 Å². The monoisotopic (exact) mass is 309 g/mol. The van der Waals surface area contributed by atoms with E-state index in [1.807, 2.05) is 36.7 Å². The highest BCUT2D eigenvalue weighted by molar-refractivity contribution is 7.15. The minimum absolute atomic E-state index is 0.150. The zero-order valence-corrected chi connectivity index (χ0v) is 13.1. The molecule has 2 rings (SSSR count). The molecule has 0 unspecified atom stereocenters. The molecule has 1 atom stereocenters. The minimum Gasteiger partial charge on any atom is -0.480 e. The molecule has 0 spiro atoms. The van der Waals surface area contributed by atoms with Crippen LogP contribution < -0.4 is 5.32 Å². The van der Waals surface area contributed by atoms with Crippen LogP contribution in [0.15, 0.2) is 11.6 Å².